The Morgan fingerprint density at radius 2 is 1.85 bits per heavy atom. The van der Waals surface area contributed by atoms with Crippen molar-refractivity contribution in [1.29, 1.82) is 0 Å². The lowest BCUT2D eigenvalue weighted by atomic mass is 10.1. The standard InChI is InChI=1S/C23H27NO3/c1-5-26-23(25)22(16(2)3)27-21-12-8-11-20-19(21)13-14-24(20)15-18-10-7-6-9-17(18)4/h6-14,16,22H,5,15H2,1-4H3. The monoisotopic (exact) mass is 365 g/mol. The van der Waals surface area contributed by atoms with Gasteiger partial charge in [-0.2, -0.15) is 0 Å². The van der Waals surface area contributed by atoms with Crippen LogP contribution in [0.4, 0.5) is 0 Å². The average molecular weight is 365 g/mol. The minimum absolute atomic E-state index is 0.0216. The SMILES string of the molecule is CCOC(=O)C(Oc1cccc2c1ccn2Cc1ccccc1C)C(C)C. The quantitative estimate of drug-likeness (QED) is 0.555. The maximum absolute atomic E-state index is 12.3. The molecule has 0 spiro atoms. The van der Waals surface area contributed by atoms with Crippen molar-refractivity contribution in [1.82, 2.24) is 4.57 Å². The Morgan fingerprint density at radius 1 is 1.07 bits per heavy atom. The number of aryl methyl sites for hydroxylation is 1. The second-order valence-corrected chi connectivity index (χ2v) is 7.09. The Balaban J connectivity index is 1.91. The lowest BCUT2D eigenvalue weighted by molar-refractivity contribution is -0.153. The summed E-state index contributed by atoms with van der Waals surface area (Å²) in [5.41, 5.74) is 3.64. The summed E-state index contributed by atoms with van der Waals surface area (Å²) in [6.07, 6.45) is 1.45. The first kappa shape index (κ1) is 19.0. The van der Waals surface area contributed by atoms with Gasteiger partial charge in [0.15, 0.2) is 6.10 Å². The molecule has 142 valence electrons. The number of fused-ring (bicyclic) bond motifs is 1. The fourth-order valence-electron chi connectivity index (χ4n) is 3.22. The number of hydrogen-bond acceptors (Lipinski definition) is 3. The zero-order valence-electron chi connectivity index (χ0n) is 16.4. The van der Waals surface area contributed by atoms with Crippen molar-refractivity contribution >= 4 is 16.9 Å². The van der Waals surface area contributed by atoms with E-state index < -0.39 is 6.10 Å². The summed E-state index contributed by atoms with van der Waals surface area (Å²) in [6.45, 7) is 9.01. The predicted octanol–water partition coefficient (Wildman–Crippen LogP) is 4.96. The van der Waals surface area contributed by atoms with Crippen LogP contribution in [-0.4, -0.2) is 23.2 Å². The van der Waals surface area contributed by atoms with E-state index in [1.54, 1.807) is 0 Å². The number of esters is 1. The highest BCUT2D eigenvalue weighted by Gasteiger charge is 2.26. The molecule has 1 heterocycles. The second kappa shape index (κ2) is 8.30. The van der Waals surface area contributed by atoms with E-state index in [4.69, 9.17) is 9.47 Å². The molecule has 0 aliphatic carbocycles. The van der Waals surface area contributed by atoms with Crippen molar-refractivity contribution in [3.8, 4) is 5.75 Å². The largest absolute Gasteiger partial charge is 0.478 e. The van der Waals surface area contributed by atoms with Crippen molar-refractivity contribution in [2.24, 2.45) is 5.92 Å². The van der Waals surface area contributed by atoms with Gasteiger partial charge in [-0.25, -0.2) is 4.79 Å². The highest BCUT2D eigenvalue weighted by Crippen LogP contribution is 2.29. The molecule has 27 heavy (non-hydrogen) atoms. The second-order valence-electron chi connectivity index (χ2n) is 7.09. The lowest BCUT2D eigenvalue weighted by Crippen LogP contribution is -2.34. The fraction of sp³-hybridized carbons (Fsp3) is 0.348. The molecular formula is C23H27NO3. The van der Waals surface area contributed by atoms with Crippen LogP contribution in [0.25, 0.3) is 10.9 Å². The zero-order chi connectivity index (χ0) is 19.4. The number of carbonyl (C=O) groups is 1. The molecule has 3 rings (SSSR count). The van der Waals surface area contributed by atoms with Crippen LogP contribution in [0.15, 0.2) is 54.7 Å². The molecule has 0 fully saturated rings. The van der Waals surface area contributed by atoms with Crippen LogP contribution in [0.3, 0.4) is 0 Å². The summed E-state index contributed by atoms with van der Waals surface area (Å²) < 4.78 is 13.5. The summed E-state index contributed by atoms with van der Waals surface area (Å²) >= 11 is 0. The van der Waals surface area contributed by atoms with Crippen LogP contribution >= 0.6 is 0 Å². The van der Waals surface area contributed by atoms with Gasteiger partial charge < -0.3 is 14.0 Å². The maximum atomic E-state index is 12.3. The first-order valence-corrected chi connectivity index (χ1v) is 9.47. The van der Waals surface area contributed by atoms with Crippen LogP contribution in [-0.2, 0) is 16.1 Å². The van der Waals surface area contributed by atoms with Gasteiger partial charge in [-0.15, -0.1) is 0 Å². The number of rotatable bonds is 7. The third kappa shape index (κ3) is 4.16. The van der Waals surface area contributed by atoms with Gasteiger partial charge in [-0.1, -0.05) is 44.2 Å². The molecular weight excluding hydrogens is 338 g/mol. The molecule has 0 aliphatic rings. The van der Waals surface area contributed by atoms with Gasteiger partial charge in [0.2, 0.25) is 0 Å². The van der Waals surface area contributed by atoms with Crippen molar-refractivity contribution in [2.75, 3.05) is 6.61 Å². The molecule has 4 nitrogen and oxygen atoms in total. The molecule has 3 aromatic rings. The summed E-state index contributed by atoms with van der Waals surface area (Å²) in [4.78, 5) is 12.3. The Hall–Kier alpha value is -2.75. The zero-order valence-corrected chi connectivity index (χ0v) is 16.4. The van der Waals surface area contributed by atoms with Crippen LogP contribution in [0.5, 0.6) is 5.75 Å². The van der Waals surface area contributed by atoms with E-state index in [0.29, 0.717) is 12.4 Å². The Morgan fingerprint density at radius 3 is 2.56 bits per heavy atom. The van der Waals surface area contributed by atoms with Crippen LogP contribution in [0, 0.1) is 12.8 Å². The van der Waals surface area contributed by atoms with Crippen molar-refractivity contribution in [3.63, 3.8) is 0 Å². The highest BCUT2D eigenvalue weighted by atomic mass is 16.6. The number of nitrogens with zero attached hydrogens (tertiary/aromatic N) is 1. The topological polar surface area (TPSA) is 40.5 Å². The third-order valence-corrected chi connectivity index (χ3v) is 4.75. The first-order chi connectivity index (χ1) is 13.0. The van der Waals surface area contributed by atoms with Crippen molar-refractivity contribution in [3.05, 3.63) is 65.9 Å². The molecule has 1 atom stereocenters. The van der Waals surface area contributed by atoms with Gasteiger partial charge in [0.25, 0.3) is 0 Å². The Labute approximate surface area is 160 Å². The third-order valence-electron chi connectivity index (χ3n) is 4.75. The predicted molar refractivity (Wildman–Crippen MR) is 108 cm³/mol. The summed E-state index contributed by atoms with van der Waals surface area (Å²) in [5, 5.41) is 1.00. The molecule has 1 aromatic heterocycles. The van der Waals surface area contributed by atoms with E-state index in [-0.39, 0.29) is 11.9 Å². The van der Waals surface area contributed by atoms with Crippen LogP contribution < -0.4 is 4.74 Å². The number of aromatic nitrogens is 1. The van der Waals surface area contributed by atoms with Gasteiger partial charge in [-0.05, 0) is 43.2 Å². The van der Waals surface area contributed by atoms with Crippen LogP contribution in [0.2, 0.25) is 0 Å². The molecule has 0 aliphatic heterocycles. The molecule has 0 bridgehead atoms. The normalized spacial score (nSPS) is 12.3. The Bertz CT molecular complexity index is 926. The summed E-state index contributed by atoms with van der Waals surface area (Å²) in [7, 11) is 0. The number of carbonyl (C=O) groups excluding carboxylic acids is 1. The van der Waals surface area contributed by atoms with E-state index in [1.165, 1.54) is 11.1 Å². The van der Waals surface area contributed by atoms with Crippen molar-refractivity contribution < 1.29 is 14.3 Å². The molecule has 2 aromatic carbocycles. The van der Waals surface area contributed by atoms with Gasteiger partial charge >= 0.3 is 5.97 Å². The molecule has 1 unspecified atom stereocenters. The molecule has 0 amide bonds. The lowest BCUT2D eigenvalue weighted by Gasteiger charge is -2.21. The Kier molecular flexibility index (Phi) is 5.84. The minimum atomic E-state index is -0.615. The number of ether oxygens (including phenoxy) is 2. The van der Waals surface area contributed by atoms with Crippen LogP contribution in [0.1, 0.15) is 31.9 Å². The van der Waals surface area contributed by atoms with Gasteiger partial charge in [0.1, 0.15) is 5.75 Å². The molecule has 0 radical (unpaired) electrons. The minimum Gasteiger partial charge on any atom is -0.478 e. The van der Waals surface area contributed by atoms with Gasteiger partial charge in [0, 0.05) is 24.0 Å². The van der Waals surface area contributed by atoms with E-state index in [1.807, 2.05) is 39.0 Å². The molecule has 0 N–H and O–H groups in total. The molecule has 0 saturated carbocycles. The highest BCUT2D eigenvalue weighted by molar-refractivity contribution is 5.87. The average Bonchev–Trinajstić information content (AvgIpc) is 3.05. The van der Waals surface area contributed by atoms with Gasteiger partial charge in [-0.3, -0.25) is 0 Å². The first-order valence-electron chi connectivity index (χ1n) is 9.47. The number of benzene rings is 2. The molecule has 0 saturated heterocycles. The summed E-state index contributed by atoms with van der Waals surface area (Å²) in [5.74, 6) is 0.417. The van der Waals surface area contributed by atoms with Gasteiger partial charge in [0.05, 0.1) is 12.1 Å². The summed E-state index contributed by atoms with van der Waals surface area (Å²) in [6, 6.07) is 16.4. The van der Waals surface area contributed by atoms with E-state index >= 15 is 0 Å². The smallest absolute Gasteiger partial charge is 0.347 e. The van der Waals surface area contributed by atoms with E-state index in [0.717, 1.165) is 17.4 Å². The molecule has 4 heteroatoms. The fourth-order valence-corrected chi connectivity index (χ4v) is 3.22. The van der Waals surface area contributed by atoms with Crippen molar-refractivity contribution in [2.45, 2.75) is 40.3 Å². The van der Waals surface area contributed by atoms with E-state index in [9.17, 15) is 4.79 Å². The number of hydrogen-bond donors (Lipinski definition) is 0. The maximum Gasteiger partial charge on any atom is 0.347 e. The van der Waals surface area contributed by atoms with E-state index in [2.05, 4.69) is 48.0 Å².